The normalized spacial score (nSPS) is 25.8. The highest BCUT2D eigenvalue weighted by atomic mass is 32.2. The van der Waals surface area contributed by atoms with E-state index in [-0.39, 0.29) is 10.8 Å². The first-order valence-corrected chi connectivity index (χ1v) is 10.2. The third-order valence-corrected chi connectivity index (χ3v) is 6.81. The standard InChI is InChI=1S/C18H26N2O3S/c1-14-11-15(2)13-20(12-14)24(22,23)17-7-5-16(6-8-17)18(21)19-9-3-4-10-19/h5-8,14-15H,3-4,9-13H2,1-2H3/t14-,15-/m0/s1. The molecule has 132 valence electrons. The molecule has 2 saturated heterocycles. The summed E-state index contributed by atoms with van der Waals surface area (Å²) in [5.74, 6) is 0.746. The molecule has 0 unspecified atom stereocenters. The Kier molecular flexibility index (Phi) is 4.97. The van der Waals surface area contributed by atoms with Crippen molar-refractivity contribution in [3.63, 3.8) is 0 Å². The van der Waals surface area contributed by atoms with Crippen molar-refractivity contribution < 1.29 is 13.2 Å². The number of piperidine rings is 1. The molecule has 0 N–H and O–H groups in total. The summed E-state index contributed by atoms with van der Waals surface area (Å²) >= 11 is 0. The molecule has 0 aliphatic carbocycles. The number of carbonyl (C=O) groups is 1. The highest BCUT2D eigenvalue weighted by Gasteiger charge is 2.31. The third-order valence-electron chi connectivity index (χ3n) is 4.97. The van der Waals surface area contributed by atoms with Crippen molar-refractivity contribution in [2.75, 3.05) is 26.2 Å². The molecule has 3 rings (SSSR count). The van der Waals surface area contributed by atoms with Gasteiger partial charge < -0.3 is 4.90 Å². The molecule has 0 aromatic heterocycles. The average molecular weight is 350 g/mol. The van der Waals surface area contributed by atoms with Gasteiger partial charge in [0.2, 0.25) is 10.0 Å². The molecule has 0 bridgehead atoms. The van der Waals surface area contributed by atoms with E-state index in [1.54, 1.807) is 28.6 Å². The van der Waals surface area contributed by atoms with Gasteiger partial charge in [0.1, 0.15) is 0 Å². The van der Waals surface area contributed by atoms with E-state index in [2.05, 4.69) is 13.8 Å². The molecule has 1 amide bonds. The zero-order chi connectivity index (χ0) is 17.3. The zero-order valence-corrected chi connectivity index (χ0v) is 15.3. The van der Waals surface area contributed by atoms with Gasteiger partial charge in [0.15, 0.2) is 0 Å². The van der Waals surface area contributed by atoms with Crippen LogP contribution in [0.1, 0.15) is 43.5 Å². The van der Waals surface area contributed by atoms with Gasteiger partial charge in [0.25, 0.3) is 5.91 Å². The lowest BCUT2D eigenvalue weighted by Gasteiger charge is -2.34. The number of hydrogen-bond donors (Lipinski definition) is 0. The van der Waals surface area contributed by atoms with Crippen LogP contribution in [0.15, 0.2) is 29.2 Å². The third kappa shape index (κ3) is 3.49. The maximum absolute atomic E-state index is 12.8. The SMILES string of the molecule is C[C@H]1C[C@H](C)CN(S(=O)(=O)c2ccc(C(=O)N3CCCC3)cc2)C1. The van der Waals surface area contributed by atoms with Crippen LogP contribution in [-0.4, -0.2) is 49.7 Å². The Morgan fingerprint density at radius 2 is 1.54 bits per heavy atom. The molecule has 2 aliphatic rings. The molecule has 0 saturated carbocycles. The first-order chi connectivity index (χ1) is 11.4. The predicted octanol–water partition coefficient (Wildman–Crippen LogP) is 2.59. The fourth-order valence-electron chi connectivity index (χ4n) is 3.82. The van der Waals surface area contributed by atoms with Gasteiger partial charge in [-0.3, -0.25) is 4.79 Å². The molecule has 2 fully saturated rings. The van der Waals surface area contributed by atoms with Crippen molar-refractivity contribution in [3.8, 4) is 0 Å². The van der Waals surface area contributed by atoms with E-state index in [1.165, 1.54) is 0 Å². The number of sulfonamides is 1. The lowest BCUT2D eigenvalue weighted by Crippen LogP contribution is -2.42. The average Bonchev–Trinajstić information content (AvgIpc) is 3.08. The fourth-order valence-corrected chi connectivity index (χ4v) is 5.50. The van der Waals surface area contributed by atoms with Gasteiger partial charge in [-0.05, 0) is 55.4 Å². The Bertz CT molecular complexity index is 683. The van der Waals surface area contributed by atoms with E-state index in [0.717, 1.165) is 32.4 Å². The minimum Gasteiger partial charge on any atom is -0.339 e. The van der Waals surface area contributed by atoms with E-state index >= 15 is 0 Å². The van der Waals surface area contributed by atoms with Crippen LogP contribution in [0.2, 0.25) is 0 Å². The van der Waals surface area contributed by atoms with E-state index in [0.29, 0.717) is 30.5 Å². The second-order valence-corrected chi connectivity index (χ2v) is 9.23. The molecule has 0 spiro atoms. The van der Waals surface area contributed by atoms with Gasteiger partial charge in [0.05, 0.1) is 4.90 Å². The number of rotatable bonds is 3. The summed E-state index contributed by atoms with van der Waals surface area (Å²) in [7, 11) is -3.48. The minimum atomic E-state index is -3.48. The summed E-state index contributed by atoms with van der Waals surface area (Å²) in [6, 6.07) is 6.43. The van der Waals surface area contributed by atoms with Crippen molar-refractivity contribution >= 4 is 15.9 Å². The summed E-state index contributed by atoms with van der Waals surface area (Å²) in [4.78, 5) is 14.5. The maximum atomic E-state index is 12.8. The summed E-state index contributed by atoms with van der Waals surface area (Å²) in [6.07, 6.45) is 3.16. The Labute approximate surface area is 144 Å². The number of carbonyl (C=O) groups excluding carboxylic acids is 1. The smallest absolute Gasteiger partial charge is 0.253 e. The van der Waals surface area contributed by atoms with Crippen LogP contribution in [0.3, 0.4) is 0 Å². The van der Waals surface area contributed by atoms with Crippen molar-refractivity contribution in [3.05, 3.63) is 29.8 Å². The molecular formula is C18H26N2O3S. The van der Waals surface area contributed by atoms with Crippen LogP contribution < -0.4 is 0 Å². The zero-order valence-electron chi connectivity index (χ0n) is 14.4. The molecule has 24 heavy (non-hydrogen) atoms. The van der Waals surface area contributed by atoms with Crippen molar-refractivity contribution in [1.29, 1.82) is 0 Å². The van der Waals surface area contributed by atoms with E-state index < -0.39 is 10.0 Å². The molecule has 6 heteroatoms. The topological polar surface area (TPSA) is 57.7 Å². The van der Waals surface area contributed by atoms with Crippen LogP contribution in [0.4, 0.5) is 0 Å². The number of amides is 1. The van der Waals surface area contributed by atoms with Gasteiger partial charge in [-0.1, -0.05) is 13.8 Å². The highest BCUT2D eigenvalue weighted by Crippen LogP contribution is 2.27. The molecule has 5 nitrogen and oxygen atoms in total. The predicted molar refractivity (Wildman–Crippen MR) is 93.3 cm³/mol. The van der Waals surface area contributed by atoms with E-state index in [1.807, 2.05) is 4.90 Å². The summed E-state index contributed by atoms with van der Waals surface area (Å²) in [5.41, 5.74) is 0.566. The lowest BCUT2D eigenvalue weighted by molar-refractivity contribution is 0.0792. The van der Waals surface area contributed by atoms with Gasteiger partial charge >= 0.3 is 0 Å². The summed E-state index contributed by atoms with van der Waals surface area (Å²) < 4.78 is 27.3. The van der Waals surface area contributed by atoms with Crippen LogP contribution in [0, 0.1) is 11.8 Å². The fraction of sp³-hybridized carbons (Fsp3) is 0.611. The van der Waals surface area contributed by atoms with Crippen molar-refractivity contribution in [2.45, 2.75) is 38.0 Å². The largest absolute Gasteiger partial charge is 0.339 e. The second-order valence-electron chi connectivity index (χ2n) is 7.29. The number of hydrogen-bond acceptors (Lipinski definition) is 3. The van der Waals surface area contributed by atoms with Crippen LogP contribution >= 0.6 is 0 Å². The Morgan fingerprint density at radius 1 is 1.00 bits per heavy atom. The Hall–Kier alpha value is -1.40. The van der Waals surface area contributed by atoms with Crippen LogP contribution in [-0.2, 0) is 10.0 Å². The van der Waals surface area contributed by atoms with E-state index in [4.69, 9.17) is 0 Å². The lowest BCUT2D eigenvalue weighted by atomic mass is 9.94. The summed E-state index contributed by atoms with van der Waals surface area (Å²) in [6.45, 7) is 6.92. The molecule has 1 aromatic rings. The number of likely N-dealkylation sites (tertiary alicyclic amines) is 1. The Balaban J connectivity index is 1.78. The van der Waals surface area contributed by atoms with E-state index in [9.17, 15) is 13.2 Å². The van der Waals surface area contributed by atoms with Gasteiger partial charge in [0, 0.05) is 31.7 Å². The number of benzene rings is 1. The van der Waals surface area contributed by atoms with Gasteiger partial charge in [-0.15, -0.1) is 0 Å². The molecule has 2 aliphatic heterocycles. The molecular weight excluding hydrogens is 324 g/mol. The first kappa shape index (κ1) is 17.4. The summed E-state index contributed by atoms with van der Waals surface area (Å²) in [5, 5.41) is 0. The monoisotopic (exact) mass is 350 g/mol. The Morgan fingerprint density at radius 3 is 2.08 bits per heavy atom. The first-order valence-electron chi connectivity index (χ1n) is 8.77. The minimum absolute atomic E-state index is 0.00309. The van der Waals surface area contributed by atoms with Crippen LogP contribution in [0.5, 0.6) is 0 Å². The van der Waals surface area contributed by atoms with Crippen molar-refractivity contribution in [1.82, 2.24) is 9.21 Å². The molecule has 0 radical (unpaired) electrons. The highest BCUT2D eigenvalue weighted by molar-refractivity contribution is 7.89. The second kappa shape index (κ2) is 6.84. The van der Waals surface area contributed by atoms with Crippen LogP contribution in [0.25, 0.3) is 0 Å². The van der Waals surface area contributed by atoms with Gasteiger partial charge in [-0.25, -0.2) is 8.42 Å². The molecule has 2 atom stereocenters. The number of nitrogens with zero attached hydrogens (tertiary/aromatic N) is 2. The molecule has 1 aromatic carbocycles. The van der Waals surface area contributed by atoms with Crippen molar-refractivity contribution in [2.24, 2.45) is 11.8 Å². The quantitative estimate of drug-likeness (QED) is 0.842. The molecule has 2 heterocycles. The van der Waals surface area contributed by atoms with Gasteiger partial charge in [-0.2, -0.15) is 4.31 Å². The maximum Gasteiger partial charge on any atom is 0.253 e.